The van der Waals surface area contributed by atoms with E-state index in [0.29, 0.717) is 12.4 Å². The number of nitrogens with zero attached hydrogens (tertiary/aromatic N) is 1. The van der Waals surface area contributed by atoms with Gasteiger partial charge in [0.25, 0.3) is 0 Å². The van der Waals surface area contributed by atoms with Crippen molar-refractivity contribution in [2.45, 2.75) is 33.7 Å². The summed E-state index contributed by atoms with van der Waals surface area (Å²) in [4.78, 5) is 17.2. The number of carbonyl (C=O) groups excluding carboxylic acids is 1. The fraction of sp³-hybridized carbons (Fsp3) is 0.462. The lowest BCUT2D eigenvalue weighted by Crippen LogP contribution is -2.40. The Balaban J connectivity index is 2.76. The van der Waals surface area contributed by atoms with E-state index in [2.05, 4.69) is 0 Å². The first-order valence-electron chi connectivity index (χ1n) is 5.75. The summed E-state index contributed by atoms with van der Waals surface area (Å²) in [7, 11) is 0. The number of hydrogen-bond acceptors (Lipinski definition) is 3. The van der Waals surface area contributed by atoms with E-state index in [1.807, 2.05) is 45.0 Å². The molecule has 94 valence electrons. The SMILES string of the molecule is CCOC(=O)N(Oc1cccc(C)c1)C(C)C. The summed E-state index contributed by atoms with van der Waals surface area (Å²) >= 11 is 0. The highest BCUT2D eigenvalue weighted by molar-refractivity contribution is 5.66. The third-order valence-corrected chi connectivity index (χ3v) is 2.11. The van der Waals surface area contributed by atoms with Crippen molar-refractivity contribution >= 4 is 6.09 Å². The average Bonchev–Trinajstić information content (AvgIpc) is 2.26. The highest BCUT2D eigenvalue weighted by atomic mass is 16.7. The summed E-state index contributed by atoms with van der Waals surface area (Å²) < 4.78 is 4.93. The molecule has 0 N–H and O–H groups in total. The Morgan fingerprint density at radius 2 is 2.12 bits per heavy atom. The standard InChI is InChI=1S/C13H19NO3/c1-5-16-13(15)14(10(2)3)17-12-8-6-7-11(4)9-12/h6-10H,5H2,1-4H3. The largest absolute Gasteiger partial charge is 0.448 e. The lowest BCUT2D eigenvalue weighted by atomic mass is 10.2. The van der Waals surface area contributed by atoms with Gasteiger partial charge in [0.2, 0.25) is 0 Å². The van der Waals surface area contributed by atoms with E-state index < -0.39 is 6.09 Å². The van der Waals surface area contributed by atoms with Crippen molar-refractivity contribution in [2.75, 3.05) is 6.61 Å². The first-order chi connectivity index (χ1) is 8.04. The maximum absolute atomic E-state index is 11.7. The Morgan fingerprint density at radius 3 is 2.65 bits per heavy atom. The quantitative estimate of drug-likeness (QED) is 0.755. The van der Waals surface area contributed by atoms with Crippen molar-refractivity contribution in [1.29, 1.82) is 0 Å². The molecule has 17 heavy (non-hydrogen) atoms. The Bertz CT molecular complexity index is 377. The summed E-state index contributed by atoms with van der Waals surface area (Å²) in [5.74, 6) is 0.631. The minimum Gasteiger partial charge on any atom is -0.448 e. The van der Waals surface area contributed by atoms with Gasteiger partial charge >= 0.3 is 6.09 Å². The minimum absolute atomic E-state index is 0.0884. The van der Waals surface area contributed by atoms with Gasteiger partial charge in [-0.1, -0.05) is 12.1 Å². The van der Waals surface area contributed by atoms with Gasteiger partial charge in [-0.05, 0) is 45.4 Å². The topological polar surface area (TPSA) is 38.8 Å². The normalized spacial score (nSPS) is 10.2. The van der Waals surface area contributed by atoms with Gasteiger partial charge in [0, 0.05) is 0 Å². The number of ether oxygens (including phenoxy) is 1. The maximum atomic E-state index is 11.7. The van der Waals surface area contributed by atoms with Gasteiger partial charge in [-0.15, -0.1) is 5.06 Å². The maximum Gasteiger partial charge on any atom is 0.443 e. The highest BCUT2D eigenvalue weighted by Gasteiger charge is 2.20. The smallest absolute Gasteiger partial charge is 0.443 e. The fourth-order valence-electron chi connectivity index (χ4n) is 1.33. The molecule has 0 fully saturated rings. The lowest BCUT2D eigenvalue weighted by molar-refractivity contribution is -0.0684. The van der Waals surface area contributed by atoms with Gasteiger partial charge in [-0.3, -0.25) is 0 Å². The summed E-state index contributed by atoms with van der Waals surface area (Å²) in [5, 5.41) is 1.23. The van der Waals surface area contributed by atoms with Crippen LogP contribution < -0.4 is 4.84 Å². The summed E-state index contributed by atoms with van der Waals surface area (Å²) in [6.45, 7) is 7.80. The van der Waals surface area contributed by atoms with Crippen LogP contribution in [0.25, 0.3) is 0 Å². The Kier molecular flexibility index (Phi) is 4.82. The van der Waals surface area contributed by atoms with Gasteiger partial charge in [-0.2, -0.15) is 0 Å². The lowest BCUT2D eigenvalue weighted by Gasteiger charge is -2.25. The van der Waals surface area contributed by atoms with Crippen molar-refractivity contribution in [3.63, 3.8) is 0 Å². The number of hydroxylamine groups is 2. The van der Waals surface area contributed by atoms with Crippen molar-refractivity contribution in [1.82, 2.24) is 5.06 Å². The van der Waals surface area contributed by atoms with Crippen LogP contribution in [0, 0.1) is 6.92 Å². The van der Waals surface area contributed by atoms with E-state index in [0.717, 1.165) is 5.56 Å². The predicted octanol–water partition coefficient (Wildman–Crippen LogP) is 3.16. The molecule has 1 amide bonds. The second-order valence-electron chi connectivity index (χ2n) is 4.03. The molecule has 0 saturated heterocycles. The molecular formula is C13H19NO3. The molecule has 0 unspecified atom stereocenters. The van der Waals surface area contributed by atoms with E-state index in [1.165, 1.54) is 5.06 Å². The first kappa shape index (κ1) is 13.4. The molecule has 1 aromatic rings. The predicted molar refractivity (Wildman–Crippen MR) is 65.8 cm³/mol. The Labute approximate surface area is 102 Å². The zero-order valence-electron chi connectivity index (χ0n) is 10.8. The molecule has 4 nitrogen and oxygen atoms in total. The van der Waals surface area contributed by atoms with Crippen molar-refractivity contribution in [3.05, 3.63) is 29.8 Å². The molecule has 0 aliphatic heterocycles. The number of amides is 1. The Morgan fingerprint density at radius 1 is 1.41 bits per heavy atom. The molecule has 0 radical (unpaired) electrons. The van der Waals surface area contributed by atoms with E-state index in [-0.39, 0.29) is 6.04 Å². The molecule has 0 aliphatic carbocycles. The molecular weight excluding hydrogens is 218 g/mol. The van der Waals surface area contributed by atoms with Crippen LogP contribution in [-0.4, -0.2) is 23.8 Å². The zero-order chi connectivity index (χ0) is 12.8. The van der Waals surface area contributed by atoms with E-state index in [9.17, 15) is 4.79 Å². The van der Waals surface area contributed by atoms with E-state index in [4.69, 9.17) is 9.57 Å². The number of aryl methyl sites for hydroxylation is 1. The van der Waals surface area contributed by atoms with Gasteiger partial charge in [0.05, 0.1) is 12.6 Å². The number of benzene rings is 1. The van der Waals surface area contributed by atoms with Gasteiger partial charge in [0.1, 0.15) is 0 Å². The van der Waals surface area contributed by atoms with Crippen molar-refractivity contribution < 1.29 is 14.4 Å². The average molecular weight is 237 g/mol. The van der Waals surface area contributed by atoms with E-state index in [1.54, 1.807) is 6.92 Å². The second kappa shape index (κ2) is 6.13. The first-order valence-corrected chi connectivity index (χ1v) is 5.75. The molecule has 0 aromatic heterocycles. The van der Waals surface area contributed by atoms with Crippen molar-refractivity contribution in [2.24, 2.45) is 0 Å². The third-order valence-electron chi connectivity index (χ3n) is 2.11. The molecule has 0 saturated carbocycles. The van der Waals surface area contributed by atoms with Crippen LogP contribution >= 0.6 is 0 Å². The van der Waals surface area contributed by atoms with Crippen LogP contribution in [0.3, 0.4) is 0 Å². The van der Waals surface area contributed by atoms with Crippen LogP contribution in [0.15, 0.2) is 24.3 Å². The van der Waals surface area contributed by atoms with Crippen LogP contribution in [0.4, 0.5) is 4.79 Å². The van der Waals surface area contributed by atoms with Crippen molar-refractivity contribution in [3.8, 4) is 5.75 Å². The fourth-order valence-corrected chi connectivity index (χ4v) is 1.33. The summed E-state index contributed by atoms with van der Waals surface area (Å²) in [6, 6.07) is 7.44. The van der Waals surface area contributed by atoms with Gasteiger partial charge < -0.3 is 9.57 Å². The number of carbonyl (C=O) groups is 1. The molecule has 1 rings (SSSR count). The van der Waals surface area contributed by atoms with Crippen LogP contribution in [-0.2, 0) is 4.74 Å². The highest BCUT2D eigenvalue weighted by Crippen LogP contribution is 2.15. The summed E-state index contributed by atoms with van der Waals surface area (Å²) in [6.07, 6.45) is -0.469. The van der Waals surface area contributed by atoms with Crippen LogP contribution in [0.2, 0.25) is 0 Å². The molecule has 0 bridgehead atoms. The Hall–Kier alpha value is -1.71. The van der Waals surface area contributed by atoms with Gasteiger partial charge in [0.15, 0.2) is 5.75 Å². The molecule has 0 spiro atoms. The number of rotatable bonds is 4. The minimum atomic E-state index is -0.469. The molecule has 1 aromatic carbocycles. The van der Waals surface area contributed by atoms with E-state index >= 15 is 0 Å². The van der Waals surface area contributed by atoms with Crippen LogP contribution in [0.5, 0.6) is 5.75 Å². The van der Waals surface area contributed by atoms with Gasteiger partial charge in [-0.25, -0.2) is 4.79 Å². The third kappa shape index (κ3) is 3.98. The molecule has 4 heteroatoms. The monoisotopic (exact) mass is 237 g/mol. The van der Waals surface area contributed by atoms with Crippen LogP contribution in [0.1, 0.15) is 26.3 Å². The zero-order valence-corrected chi connectivity index (χ0v) is 10.8. The number of hydrogen-bond donors (Lipinski definition) is 0. The molecule has 0 aliphatic rings. The summed E-state index contributed by atoms with van der Waals surface area (Å²) in [5.41, 5.74) is 1.08. The molecule has 0 atom stereocenters. The molecule has 0 heterocycles. The second-order valence-corrected chi connectivity index (χ2v) is 4.03.